The molecule has 2 rings (SSSR count). The van der Waals surface area contributed by atoms with Gasteiger partial charge >= 0.3 is 5.97 Å². The van der Waals surface area contributed by atoms with Gasteiger partial charge in [-0.1, -0.05) is 30.3 Å². The van der Waals surface area contributed by atoms with E-state index < -0.39 is 5.97 Å². The Bertz CT molecular complexity index is 588. The second-order valence-corrected chi connectivity index (χ2v) is 4.44. The highest BCUT2D eigenvalue weighted by Gasteiger charge is 2.12. The molecular weight excluding hydrogens is 240 g/mol. The first-order chi connectivity index (χ1) is 9.09. The van der Waals surface area contributed by atoms with Crippen molar-refractivity contribution in [3.05, 3.63) is 64.7 Å². The molecule has 0 aromatic heterocycles. The standard InChI is InChI=1S/C16H16O3/c1-11-12(2)15(9-8-14(11)16(17)18)19-10-13-6-4-3-5-7-13/h3-9H,10H2,1-2H3,(H,17,18). The van der Waals surface area contributed by atoms with Crippen molar-refractivity contribution >= 4 is 5.97 Å². The first kappa shape index (κ1) is 13.1. The minimum atomic E-state index is -0.907. The number of hydrogen-bond donors (Lipinski definition) is 1. The molecular formula is C16H16O3. The summed E-state index contributed by atoms with van der Waals surface area (Å²) in [6.07, 6.45) is 0. The van der Waals surface area contributed by atoms with E-state index in [-0.39, 0.29) is 0 Å². The summed E-state index contributed by atoms with van der Waals surface area (Å²) in [6.45, 7) is 4.16. The topological polar surface area (TPSA) is 46.5 Å². The molecule has 0 atom stereocenters. The maximum absolute atomic E-state index is 11.0. The van der Waals surface area contributed by atoms with Gasteiger partial charge in [-0.25, -0.2) is 4.79 Å². The summed E-state index contributed by atoms with van der Waals surface area (Å²) in [5, 5.41) is 9.05. The predicted molar refractivity (Wildman–Crippen MR) is 73.6 cm³/mol. The van der Waals surface area contributed by atoms with Crippen molar-refractivity contribution in [3.8, 4) is 5.75 Å². The van der Waals surface area contributed by atoms with Gasteiger partial charge in [0.15, 0.2) is 0 Å². The highest BCUT2D eigenvalue weighted by Crippen LogP contribution is 2.25. The minimum Gasteiger partial charge on any atom is -0.489 e. The quantitative estimate of drug-likeness (QED) is 0.909. The Morgan fingerprint density at radius 3 is 2.37 bits per heavy atom. The van der Waals surface area contributed by atoms with Gasteiger partial charge in [-0.05, 0) is 42.7 Å². The average Bonchev–Trinajstić information content (AvgIpc) is 2.41. The van der Waals surface area contributed by atoms with E-state index >= 15 is 0 Å². The van der Waals surface area contributed by atoms with Crippen molar-refractivity contribution in [1.29, 1.82) is 0 Å². The van der Waals surface area contributed by atoms with Crippen molar-refractivity contribution < 1.29 is 14.6 Å². The van der Waals surface area contributed by atoms with Crippen LogP contribution in [0.4, 0.5) is 0 Å². The van der Waals surface area contributed by atoms with E-state index in [0.717, 1.165) is 22.4 Å². The summed E-state index contributed by atoms with van der Waals surface area (Å²) in [5.41, 5.74) is 3.03. The molecule has 0 aliphatic rings. The monoisotopic (exact) mass is 256 g/mol. The number of rotatable bonds is 4. The summed E-state index contributed by atoms with van der Waals surface area (Å²) in [6, 6.07) is 13.2. The van der Waals surface area contributed by atoms with E-state index in [0.29, 0.717) is 12.2 Å². The first-order valence-corrected chi connectivity index (χ1v) is 6.10. The number of carbonyl (C=O) groups is 1. The largest absolute Gasteiger partial charge is 0.489 e. The lowest BCUT2D eigenvalue weighted by Crippen LogP contribution is -2.04. The van der Waals surface area contributed by atoms with Gasteiger partial charge in [0.05, 0.1) is 5.56 Å². The summed E-state index contributed by atoms with van der Waals surface area (Å²) >= 11 is 0. The van der Waals surface area contributed by atoms with E-state index in [4.69, 9.17) is 9.84 Å². The predicted octanol–water partition coefficient (Wildman–Crippen LogP) is 3.58. The maximum Gasteiger partial charge on any atom is 0.335 e. The van der Waals surface area contributed by atoms with Gasteiger partial charge in [0.1, 0.15) is 12.4 Å². The van der Waals surface area contributed by atoms with Gasteiger partial charge < -0.3 is 9.84 Å². The van der Waals surface area contributed by atoms with Gasteiger partial charge in [0, 0.05) is 0 Å². The zero-order chi connectivity index (χ0) is 13.8. The second kappa shape index (κ2) is 5.57. The number of carboxylic acids is 1. The highest BCUT2D eigenvalue weighted by atomic mass is 16.5. The number of hydrogen-bond acceptors (Lipinski definition) is 2. The number of carboxylic acid groups (broad SMARTS) is 1. The van der Waals surface area contributed by atoms with Gasteiger partial charge in [-0.2, -0.15) is 0 Å². The molecule has 19 heavy (non-hydrogen) atoms. The molecule has 0 aliphatic carbocycles. The second-order valence-electron chi connectivity index (χ2n) is 4.44. The van der Waals surface area contributed by atoms with Crippen molar-refractivity contribution in [2.75, 3.05) is 0 Å². The van der Waals surface area contributed by atoms with Crippen LogP contribution in [0, 0.1) is 13.8 Å². The van der Waals surface area contributed by atoms with Crippen molar-refractivity contribution in [2.24, 2.45) is 0 Å². The first-order valence-electron chi connectivity index (χ1n) is 6.10. The average molecular weight is 256 g/mol. The fourth-order valence-electron chi connectivity index (χ4n) is 1.92. The minimum absolute atomic E-state index is 0.324. The maximum atomic E-state index is 11.0. The Kier molecular flexibility index (Phi) is 3.85. The fourth-order valence-corrected chi connectivity index (χ4v) is 1.92. The van der Waals surface area contributed by atoms with Crippen LogP contribution in [-0.4, -0.2) is 11.1 Å². The third-order valence-corrected chi connectivity index (χ3v) is 3.21. The van der Waals surface area contributed by atoms with Crippen LogP contribution in [-0.2, 0) is 6.61 Å². The van der Waals surface area contributed by atoms with Crippen LogP contribution in [0.25, 0.3) is 0 Å². The molecule has 98 valence electrons. The van der Waals surface area contributed by atoms with Crippen LogP contribution in [0.2, 0.25) is 0 Å². The Hall–Kier alpha value is -2.29. The number of benzene rings is 2. The smallest absolute Gasteiger partial charge is 0.335 e. The van der Waals surface area contributed by atoms with Crippen LogP contribution >= 0.6 is 0 Å². The van der Waals surface area contributed by atoms with Gasteiger partial charge in [-0.3, -0.25) is 0 Å². The summed E-state index contributed by atoms with van der Waals surface area (Å²) in [5.74, 6) is -0.179. The van der Waals surface area contributed by atoms with Crippen molar-refractivity contribution in [1.82, 2.24) is 0 Å². The Morgan fingerprint density at radius 1 is 1.05 bits per heavy atom. The molecule has 2 aromatic carbocycles. The summed E-state index contributed by atoms with van der Waals surface area (Å²) < 4.78 is 5.75. The van der Waals surface area contributed by atoms with Crippen LogP contribution in [0.3, 0.4) is 0 Å². The van der Waals surface area contributed by atoms with E-state index in [1.807, 2.05) is 37.3 Å². The van der Waals surface area contributed by atoms with Crippen LogP contribution in [0.1, 0.15) is 27.0 Å². The Labute approximate surface area is 112 Å². The van der Waals surface area contributed by atoms with E-state index in [9.17, 15) is 4.79 Å². The molecule has 0 fully saturated rings. The van der Waals surface area contributed by atoms with Gasteiger partial charge in [0.25, 0.3) is 0 Å². The lowest BCUT2D eigenvalue weighted by molar-refractivity contribution is 0.0696. The number of ether oxygens (including phenoxy) is 1. The zero-order valence-electron chi connectivity index (χ0n) is 11.0. The lowest BCUT2D eigenvalue weighted by Gasteiger charge is -2.12. The highest BCUT2D eigenvalue weighted by molar-refractivity contribution is 5.90. The van der Waals surface area contributed by atoms with Crippen LogP contribution in [0.5, 0.6) is 5.75 Å². The molecule has 0 bridgehead atoms. The molecule has 0 radical (unpaired) electrons. The molecule has 0 heterocycles. The van der Waals surface area contributed by atoms with Gasteiger partial charge in [0.2, 0.25) is 0 Å². The molecule has 0 aliphatic heterocycles. The molecule has 0 saturated carbocycles. The van der Waals surface area contributed by atoms with E-state index in [1.54, 1.807) is 19.1 Å². The summed E-state index contributed by atoms with van der Waals surface area (Å²) in [7, 11) is 0. The van der Waals surface area contributed by atoms with Crippen LogP contribution < -0.4 is 4.74 Å². The van der Waals surface area contributed by atoms with Crippen molar-refractivity contribution in [2.45, 2.75) is 20.5 Å². The SMILES string of the molecule is Cc1c(OCc2ccccc2)ccc(C(=O)O)c1C. The molecule has 3 nitrogen and oxygen atoms in total. The lowest BCUT2D eigenvalue weighted by atomic mass is 10.0. The normalized spacial score (nSPS) is 10.2. The molecule has 0 spiro atoms. The summed E-state index contributed by atoms with van der Waals surface area (Å²) in [4.78, 5) is 11.0. The van der Waals surface area contributed by atoms with Crippen molar-refractivity contribution in [3.63, 3.8) is 0 Å². The third-order valence-electron chi connectivity index (χ3n) is 3.21. The number of aromatic carboxylic acids is 1. The zero-order valence-corrected chi connectivity index (χ0v) is 11.0. The van der Waals surface area contributed by atoms with Gasteiger partial charge in [-0.15, -0.1) is 0 Å². The van der Waals surface area contributed by atoms with Crippen LogP contribution in [0.15, 0.2) is 42.5 Å². The van der Waals surface area contributed by atoms with E-state index in [1.165, 1.54) is 0 Å². The molecule has 0 amide bonds. The van der Waals surface area contributed by atoms with E-state index in [2.05, 4.69) is 0 Å². The molecule has 0 saturated heterocycles. The molecule has 0 unspecified atom stereocenters. The molecule has 2 aromatic rings. The molecule has 3 heteroatoms. The Morgan fingerprint density at radius 2 is 1.74 bits per heavy atom. The fraction of sp³-hybridized carbons (Fsp3) is 0.188. The molecule has 1 N–H and O–H groups in total. The Balaban J connectivity index is 2.18. The third kappa shape index (κ3) is 2.94.